The Bertz CT molecular complexity index is 93.0. The molecule has 1 rings (SSSR count). The maximum atomic E-state index is 8.66. The zero-order chi connectivity index (χ0) is 7.40. The van der Waals surface area contributed by atoms with Gasteiger partial charge in [0.25, 0.3) is 0 Å². The molecule has 1 heterocycles. The maximum Gasteiger partial charge on any atom is 0.0285 e. The van der Waals surface area contributed by atoms with Gasteiger partial charge in [-0.15, -0.1) is 5.17 Å². The Balaban J connectivity index is 1.85. The first kappa shape index (κ1) is 7.94. The average molecular weight is 145 g/mol. The molecule has 0 radical (unpaired) electrons. The molecule has 1 aliphatic rings. The molecule has 4 nitrogen and oxygen atoms in total. The third-order valence-electron chi connectivity index (χ3n) is 1.76. The molecule has 0 amide bonds. The molecule has 1 aliphatic heterocycles. The number of hydrogen-bond acceptors (Lipinski definition) is 4. The van der Waals surface area contributed by atoms with Gasteiger partial charge in [-0.1, -0.05) is 0 Å². The monoisotopic (exact) mass is 145 g/mol. The maximum absolute atomic E-state index is 8.66. The molecule has 0 bridgehead atoms. The van der Waals surface area contributed by atoms with E-state index in [1.165, 1.54) is 0 Å². The Hall–Kier alpha value is -0.160. The highest BCUT2D eigenvalue weighted by Gasteiger charge is 2.15. The summed E-state index contributed by atoms with van der Waals surface area (Å²) in [6.45, 7) is 3.13. The lowest BCUT2D eigenvalue weighted by atomic mass is 10.00. The van der Waals surface area contributed by atoms with E-state index in [0.29, 0.717) is 0 Å². The summed E-state index contributed by atoms with van der Waals surface area (Å²) in [6.07, 6.45) is 1.14. The number of hydrazine groups is 1. The molecule has 1 fully saturated rings. The van der Waals surface area contributed by atoms with Crippen molar-refractivity contribution in [3.63, 3.8) is 0 Å². The number of rotatable bonds is 4. The van der Waals surface area contributed by atoms with Crippen molar-refractivity contribution in [2.24, 2.45) is 5.92 Å². The molecule has 0 saturated carbocycles. The minimum Gasteiger partial charge on any atom is -0.316 e. The molecule has 0 unspecified atom stereocenters. The summed E-state index contributed by atoms with van der Waals surface area (Å²) in [5.74, 6) is 0.812. The van der Waals surface area contributed by atoms with E-state index >= 15 is 0 Å². The number of hydroxylamine groups is 1. The van der Waals surface area contributed by atoms with E-state index in [1.54, 1.807) is 7.05 Å². The van der Waals surface area contributed by atoms with Crippen LogP contribution in [0.3, 0.4) is 0 Å². The van der Waals surface area contributed by atoms with Crippen LogP contribution < -0.4 is 10.7 Å². The van der Waals surface area contributed by atoms with Crippen molar-refractivity contribution < 1.29 is 5.21 Å². The van der Waals surface area contributed by atoms with E-state index < -0.39 is 0 Å². The zero-order valence-electron chi connectivity index (χ0n) is 6.30. The molecule has 3 N–H and O–H groups in total. The first-order chi connectivity index (χ1) is 4.79. The summed E-state index contributed by atoms with van der Waals surface area (Å²) >= 11 is 0. The van der Waals surface area contributed by atoms with Gasteiger partial charge in [-0.05, 0) is 25.4 Å². The van der Waals surface area contributed by atoms with Gasteiger partial charge < -0.3 is 5.32 Å². The Morgan fingerprint density at radius 2 is 2.40 bits per heavy atom. The zero-order valence-corrected chi connectivity index (χ0v) is 6.30. The van der Waals surface area contributed by atoms with Crippen LogP contribution in [0.15, 0.2) is 0 Å². The first-order valence-corrected chi connectivity index (χ1v) is 3.66. The summed E-state index contributed by atoms with van der Waals surface area (Å²) in [5.41, 5.74) is 2.81. The normalized spacial score (nSPS) is 19.5. The molecular weight excluding hydrogens is 130 g/mol. The van der Waals surface area contributed by atoms with Crippen molar-refractivity contribution >= 4 is 0 Å². The van der Waals surface area contributed by atoms with Gasteiger partial charge in [-0.25, -0.2) is 5.43 Å². The molecule has 0 aromatic carbocycles. The van der Waals surface area contributed by atoms with Crippen LogP contribution in [0.25, 0.3) is 0 Å². The molecule has 4 heteroatoms. The van der Waals surface area contributed by atoms with Crippen LogP contribution in [0.1, 0.15) is 6.42 Å². The minimum absolute atomic E-state index is 0.812. The number of nitrogens with zero attached hydrogens (tertiary/aromatic N) is 1. The van der Waals surface area contributed by atoms with Crippen molar-refractivity contribution in [3.05, 3.63) is 0 Å². The predicted octanol–water partition coefficient (Wildman–Crippen LogP) is -0.579. The fraction of sp³-hybridized carbons (Fsp3) is 1.00. The second kappa shape index (κ2) is 3.88. The lowest BCUT2D eigenvalue weighted by molar-refractivity contribution is -0.113. The number of hydrogen-bond donors (Lipinski definition) is 3. The summed E-state index contributed by atoms with van der Waals surface area (Å²) in [6, 6.07) is 0. The second-order valence-electron chi connectivity index (χ2n) is 2.74. The van der Waals surface area contributed by atoms with Crippen molar-refractivity contribution in [1.29, 1.82) is 0 Å². The van der Waals surface area contributed by atoms with E-state index in [0.717, 1.165) is 37.1 Å². The van der Waals surface area contributed by atoms with Gasteiger partial charge in [0.15, 0.2) is 0 Å². The predicted molar refractivity (Wildman–Crippen MR) is 38.5 cm³/mol. The van der Waals surface area contributed by atoms with Crippen LogP contribution in [0.4, 0.5) is 0 Å². The minimum atomic E-state index is 0.812. The van der Waals surface area contributed by atoms with E-state index in [9.17, 15) is 0 Å². The summed E-state index contributed by atoms with van der Waals surface area (Å²) in [4.78, 5) is 0. The van der Waals surface area contributed by atoms with Gasteiger partial charge in [0.2, 0.25) is 0 Å². The highest BCUT2D eigenvalue weighted by molar-refractivity contribution is 4.74. The molecule has 0 aromatic rings. The second-order valence-corrected chi connectivity index (χ2v) is 2.74. The standard InChI is InChI=1S/C6H15N3O/c1-9(10)8-3-2-6-4-7-5-6/h6-8,10H,2-5H2,1H3. The van der Waals surface area contributed by atoms with Gasteiger partial charge in [0, 0.05) is 13.6 Å². The Morgan fingerprint density at radius 3 is 2.80 bits per heavy atom. The highest BCUT2D eigenvalue weighted by atomic mass is 16.5. The fourth-order valence-electron chi connectivity index (χ4n) is 0.983. The van der Waals surface area contributed by atoms with E-state index in [1.807, 2.05) is 0 Å². The summed E-state index contributed by atoms with van der Waals surface area (Å²) < 4.78 is 0. The highest BCUT2D eigenvalue weighted by Crippen LogP contribution is 2.05. The van der Waals surface area contributed by atoms with Crippen molar-refractivity contribution in [2.75, 3.05) is 26.7 Å². The quantitative estimate of drug-likeness (QED) is 0.463. The molecule has 60 valence electrons. The fourth-order valence-corrected chi connectivity index (χ4v) is 0.983. The van der Waals surface area contributed by atoms with Gasteiger partial charge >= 0.3 is 0 Å². The van der Waals surface area contributed by atoms with E-state index in [-0.39, 0.29) is 0 Å². The smallest absolute Gasteiger partial charge is 0.0285 e. The molecule has 10 heavy (non-hydrogen) atoms. The van der Waals surface area contributed by atoms with Crippen LogP contribution in [0.2, 0.25) is 0 Å². The van der Waals surface area contributed by atoms with Crippen LogP contribution in [0.5, 0.6) is 0 Å². The molecule has 0 spiro atoms. The van der Waals surface area contributed by atoms with Gasteiger partial charge in [0.1, 0.15) is 0 Å². The average Bonchev–Trinajstić information content (AvgIpc) is 1.75. The summed E-state index contributed by atoms with van der Waals surface area (Å²) in [5, 5.41) is 12.9. The van der Waals surface area contributed by atoms with Crippen LogP contribution in [-0.2, 0) is 0 Å². The Labute approximate surface area is 61.1 Å². The molecular formula is C6H15N3O. The third kappa shape index (κ3) is 2.62. The van der Waals surface area contributed by atoms with Crippen molar-refractivity contribution in [2.45, 2.75) is 6.42 Å². The van der Waals surface area contributed by atoms with Gasteiger partial charge in [-0.3, -0.25) is 5.21 Å². The van der Waals surface area contributed by atoms with E-state index in [2.05, 4.69) is 10.7 Å². The Morgan fingerprint density at radius 1 is 1.70 bits per heavy atom. The van der Waals surface area contributed by atoms with Crippen LogP contribution in [0, 0.1) is 5.92 Å². The van der Waals surface area contributed by atoms with Crippen LogP contribution in [-0.4, -0.2) is 37.1 Å². The van der Waals surface area contributed by atoms with Crippen molar-refractivity contribution in [1.82, 2.24) is 15.9 Å². The Kier molecular flexibility index (Phi) is 3.08. The lowest BCUT2D eigenvalue weighted by Gasteiger charge is -2.27. The van der Waals surface area contributed by atoms with Gasteiger partial charge in [-0.2, -0.15) is 0 Å². The van der Waals surface area contributed by atoms with Gasteiger partial charge in [0.05, 0.1) is 0 Å². The molecule has 0 aromatic heterocycles. The molecule has 1 saturated heterocycles. The SMILES string of the molecule is CN(O)NCCC1CNC1. The lowest BCUT2D eigenvalue weighted by Crippen LogP contribution is -2.44. The van der Waals surface area contributed by atoms with Crippen molar-refractivity contribution in [3.8, 4) is 0 Å². The topological polar surface area (TPSA) is 47.5 Å². The van der Waals surface area contributed by atoms with Crippen LogP contribution >= 0.6 is 0 Å². The third-order valence-corrected chi connectivity index (χ3v) is 1.76. The molecule has 0 atom stereocenters. The molecule has 0 aliphatic carbocycles. The van der Waals surface area contributed by atoms with E-state index in [4.69, 9.17) is 5.21 Å². The first-order valence-electron chi connectivity index (χ1n) is 3.66. The largest absolute Gasteiger partial charge is 0.316 e. The summed E-state index contributed by atoms with van der Waals surface area (Å²) in [7, 11) is 1.58. The number of nitrogens with one attached hydrogen (secondary N) is 2.